The van der Waals surface area contributed by atoms with Crippen molar-refractivity contribution in [1.82, 2.24) is 5.32 Å². The Balaban J connectivity index is 1.86. The van der Waals surface area contributed by atoms with Crippen LogP contribution in [0.1, 0.15) is 42.9 Å². The van der Waals surface area contributed by atoms with Gasteiger partial charge in [0.15, 0.2) is 0 Å². The highest BCUT2D eigenvalue weighted by Crippen LogP contribution is 2.26. The summed E-state index contributed by atoms with van der Waals surface area (Å²) in [7, 11) is 0. The molecule has 3 nitrogen and oxygen atoms in total. The van der Waals surface area contributed by atoms with Crippen LogP contribution < -0.4 is 10.6 Å². The molecule has 0 saturated carbocycles. The summed E-state index contributed by atoms with van der Waals surface area (Å²) in [5.41, 5.74) is 4.57. The first-order valence-corrected chi connectivity index (χ1v) is 8.29. The van der Waals surface area contributed by atoms with E-state index in [-0.39, 0.29) is 6.03 Å². The fourth-order valence-electron chi connectivity index (χ4n) is 2.50. The zero-order valence-corrected chi connectivity index (χ0v) is 14.2. The Morgan fingerprint density at radius 3 is 2.48 bits per heavy atom. The zero-order chi connectivity index (χ0) is 16.7. The molecule has 0 bridgehead atoms. The Kier molecular flexibility index (Phi) is 6.21. The molecule has 0 fully saturated rings. The lowest BCUT2D eigenvalue weighted by Crippen LogP contribution is -2.30. The maximum atomic E-state index is 12.1. The van der Waals surface area contributed by atoms with E-state index in [1.165, 1.54) is 16.7 Å². The maximum Gasteiger partial charge on any atom is 0.319 e. The minimum Gasteiger partial charge on any atom is -0.338 e. The molecule has 3 heteroatoms. The second kappa shape index (κ2) is 8.37. The van der Waals surface area contributed by atoms with Crippen molar-refractivity contribution < 1.29 is 4.79 Å². The molecule has 0 saturated heterocycles. The summed E-state index contributed by atoms with van der Waals surface area (Å²) in [6.45, 7) is 7.03. The lowest BCUT2D eigenvalue weighted by Gasteiger charge is -2.16. The van der Waals surface area contributed by atoms with E-state index in [2.05, 4.69) is 61.7 Å². The van der Waals surface area contributed by atoms with Crippen molar-refractivity contribution in [3.05, 3.63) is 65.2 Å². The zero-order valence-electron chi connectivity index (χ0n) is 14.2. The van der Waals surface area contributed by atoms with Gasteiger partial charge in [-0.2, -0.15) is 0 Å². The van der Waals surface area contributed by atoms with Gasteiger partial charge in [0.2, 0.25) is 0 Å². The molecule has 122 valence electrons. The van der Waals surface area contributed by atoms with Gasteiger partial charge in [0.1, 0.15) is 0 Å². The number of urea groups is 1. The summed E-state index contributed by atoms with van der Waals surface area (Å²) in [5, 5.41) is 5.90. The Labute approximate surface area is 139 Å². The van der Waals surface area contributed by atoms with Crippen LogP contribution in [0.3, 0.4) is 0 Å². The molecule has 1 atom stereocenters. The minimum absolute atomic E-state index is 0.145. The molecule has 1 unspecified atom stereocenters. The molecule has 0 aliphatic rings. The highest BCUT2D eigenvalue weighted by molar-refractivity contribution is 5.90. The first-order chi connectivity index (χ1) is 11.1. The molecule has 0 heterocycles. The Morgan fingerprint density at radius 1 is 1.09 bits per heavy atom. The van der Waals surface area contributed by atoms with E-state index in [1.807, 2.05) is 18.2 Å². The number of benzene rings is 2. The van der Waals surface area contributed by atoms with Gasteiger partial charge in [-0.25, -0.2) is 4.79 Å². The number of nitrogens with one attached hydrogen (secondary N) is 2. The van der Waals surface area contributed by atoms with Crippen molar-refractivity contribution in [2.24, 2.45) is 0 Å². The molecule has 23 heavy (non-hydrogen) atoms. The third kappa shape index (κ3) is 5.13. The van der Waals surface area contributed by atoms with Crippen LogP contribution in [0.2, 0.25) is 0 Å². The van der Waals surface area contributed by atoms with E-state index in [0.29, 0.717) is 12.5 Å². The van der Waals surface area contributed by atoms with Crippen molar-refractivity contribution in [2.45, 2.75) is 39.5 Å². The predicted molar refractivity (Wildman–Crippen MR) is 97.1 cm³/mol. The van der Waals surface area contributed by atoms with Crippen LogP contribution in [0.5, 0.6) is 0 Å². The van der Waals surface area contributed by atoms with Gasteiger partial charge in [0.25, 0.3) is 0 Å². The smallest absolute Gasteiger partial charge is 0.319 e. The third-order valence-corrected chi connectivity index (χ3v) is 4.17. The first-order valence-electron chi connectivity index (χ1n) is 8.29. The minimum atomic E-state index is -0.145. The molecule has 0 aliphatic heterocycles. The summed E-state index contributed by atoms with van der Waals surface area (Å²) >= 11 is 0. The Bertz CT molecular complexity index is 634. The fourth-order valence-corrected chi connectivity index (χ4v) is 2.50. The van der Waals surface area contributed by atoms with E-state index in [0.717, 1.165) is 18.5 Å². The van der Waals surface area contributed by atoms with E-state index in [4.69, 9.17) is 0 Å². The van der Waals surface area contributed by atoms with Gasteiger partial charge in [0, 0.05) is 12.2 Å². The van der Waals surface area contributed by atoms with Crippen molar-refractivity contribution >= 4 is 11.7 Å². The normalized spacial score (nSPS) is 11.8. The van der Waals surface area contributed by atoms with Crippen molar-refractivity contribution in [3.63, 3.8) is 0 Å². The van der Waals surface area contributed by atoms with Crippen molar-refractivity contribution in [2.75, 3.05) is 11.9 Å². The van der Waals surface area contributed by atoms with Crippen LogP contribution in [0.25, 0.3) is 0 Å². The molecule has 2 N–H and O–H groups in total. The average Bonchev–Trinajstić information content (AvgIpc) is 2.56. The monoisotopic (exact) mass is 310 g/mol. The number of hydrogen-bond donors (Lipinski definition) is 2. The van der Waals surface area contributed by atoms with E-state index < -0.39 is 0 Å². The summed E-state index contributed by atoms with van der Waals surface area (Å²) in [6, 6.07) is 16.3. The summed E-state index contributed by atoms with van der Waals surface area (Å²) in [4.78, 5) is 12.1. The molecule has 2 aromatic carbocycles. The predicted octanol–water partition coefficient (Wildman–Crippen LogP) is 4.87. The largest absolute Gasteiger partial charge is 0.338 e. The molecule has 0 aromatic heterocycles. The van der Waals surface area contributed by atoms with Gasteiger partial charge in [0.05, 0.1) is 0 Å². The number of para-hydroxylation sites is 1. The van der Waals surface area contributed by atoms with Gasteiger partial charge >= 0.3 is 6.03 Å². The second-order valence-corrected chi connectivity index (χ2v) is 6.01. The highest BCUT2D eigenvalue weighted by Gasteiger charge is 2.10. The fraction of sp³-hybridized carbons (Fsp3) is 0.350. The first kappa shape index (κ1) is 17.1. The Morgan fingerprint density at radius 2 is 1.78 bits per heavy atom. The van der Waals surface area contributed by atoms with Crippen LogP contribution in [-0.2, 0) is 6.42 Å². The number of carbonyl (C=O) groups is 1. The molecular weight excluding hydrogens is 284 g/mol. The lowest BCUT2D eigenvalue weighted by atomic mass is 9.97. The molecule has 0 spiro atoms. The molecule has 2 rings (SSSR count). The van der Waals surface area contributed by atoms with E-state index in [1.54, 1.807) is 0 Å². The molecule has 0 aliphatic carbocycles. The van der Waals surface area contributed by atoms with Crippen LogP contribution >= 0.6 is 0 Å². The number of rotatable bonds is 6. The maximum absolute atomic E-state index is 12.1. The van der Waals surface area contributed by atoms with Crippen LogP contribution in [0, 0.1) is 6.92 Å². The van der Waals surface area contributed by atoms with Gasteiger partial charge < -0.3 is 10.6 Å². The van der Waals surface area contributed by atoms with Crippen LogP contribution in [0.4, 0.5) is 10.5 Å². The van der Waals surface area contributed by atoms with E-state index in [9.17, 15) is 4.79 Å². The van der Waals surface area contributed by atoms with Crippen molar-refractivity contribution in [1.29, 1.82) is 0 Å². The van der Waals surface area contributed by atoms with Gasteiger partial charge in [-0.1, -0.05) is 61.9 Å². The molecular formula is C20H26N2O. The van der Waals surface area contributed by atoms with Gasteiger partial charge in [-0.3, -0.25) is 0 Å². The van der Waals surface area contributed by atoms with Gasteiger partial charge in [-0.05, 0) is 42.9 Å². The quantitative estimate of drug-likeness (QED) is 0.785. The topological polar surface area (TPSA) is 41.1 Å². The second-order valence-electron chi connectivity index (χ2n) is 6.01. The summed E-state index contributed by atoms with van der Waals surface area (Å²) < 4.78 is 0. The lowest BCUT2D eigenvalue weighted by molar-refractivity contribution is 0.252. The number of anilines is 1. The summed E-state index contributed by atoms with van der Waals surface area (Å²) in [6.07, 6.45) is 1.88. The molecule has 0 radical (unpaired) electrons. The number of amides is 2. The van der Waals surface area contributed by atoms with Crippen LogP contribution in [-0.4, -0.2) is 12.6 Å². The molecule has 2 amide bonds. The Hall–Kier alpha value is -2.29. The number of aryl methyl sites for hydroxylation is 1. The average molecular weight is 310 g/mol. The number of hydrogen-bond acceptors (Lipinski definition) is 1. The van der Waals surface area contributed by atoms with Gasteiger partial charge in [-0.15, -0.1) is 0 Å². The highest BCUT2D eigenvalue weighted by atomic mass is 16.2. The van der Waals surface area contributed by atoms with Crippen molar-refractivity contribution in [3.8, 4) is 0 Å². The number of carbonyl (C=O) groups excluding carboxylic acids is 1. The van der Waals surface area contributed by atoms with Crippen LogP contribution in [0.15, 0.2) is 48.5 Å². The SMILES string of the molecule is CCC(C)c1ccccc1NC(=O)NCCc1ccc(C)cc1. The third-order valence-electron chi connectivity index (χ3n) is 4.17. The van der Waals surface area contributed by atoms with E-state index >= 15 is 0 Å². The molecule has 2 aromatic rings. The standard InChI is InChI=1S/C20H26N2O/c1-4-16(3)18-7-5-6-8-19(18)22-20(23)21-14-13-17-11-9-15(2)10-12-17/h5-12,16H,4,13-14H2,1-3H3,(H2,21,22,23). The summed E-state index contributed by atoms with van der Waals surface area (Å²) in [5.74, 6) is 0.430.